The molecule has 46 heavy (non-hydrogen) atoms. The largest absolute Gasteiger partial charge is 0.384 e. The summed E-state index contributed by atoms with van der Waals surface area (Å²) >= 11 is 6.13. The van der Waals surface area contributed by atoms with E-state index in [4.69, 9.17) is 11.6 Å². The van der Waals surface area contributed by atoms with Gasteiger partial charge in [-0.2, -0.15) is 0 Å². The number of fused-ring (bicyclic) bond motifs is 1. The number of pyridine rings is 1. The highest BCUT2D eigenvalue weighted by Crippen LogP contribution is 2.25. The lowest BCUT2D eigenvalue weighted by atomic mass is 9.93. The van der Waals surface area contributed by atoms with E-state index in [0.29, 0.717) is 24.7 Å². The summed E-state index contributed by atoms with van der Waals surface area (Å²) in [5, 5.41) is 14.1. The predicted octanol–water partition coefficient (Wildman–Crippen LogP) is 7.66. The van der Waals surface area contributed by atoms with Gasteiger partial charge in [0.05, 0.1) is 11.2 Å². The van der Waals surface area contributed by atoms with Crippen LogP contribution < -0.4 is 5.32 Å². The van der Waals surface area contributed by atoms with E-state index in [0.717, 1.165) is 76.9 Å². The van der Waals surface area contributed by atoms with Crippen molar-refractivity contribution in [2.24, 2.45) is 0 Å². The van der Waals surface area contributed by atoms with Gasteiger partial charge in [0.15, 0.2) is 5.78 Å². The van der Waals surface area contributed by atoms with Crippen molar-refractivity contribution < 1.29 is 4.79 Å². The van der Waals surface area contributed by atoms with Crippen molar-refractivity contribution in [1.82, 2.24) is 24.9 Å². The first-order valence-electron chi connectivity index (χ1n) is 16.0. The standard InChI is InChI=1S/C38H39ClN6O/c1-3-27-6-10-29(11-7-27)20-31-23-44(24-32(38(31)46)21-30-12-8-28(4-2)9-13-30)25-34-26-45(43-42-34)19-5-17-40-36-16-18-41-37-22-33(39)14-15-35(36)37/h6-16,18,20-22,26H,3-5,17,19,23-25H2,1-2H3,(H,40,41)/b31-20+,32-21+. The highest BCUT2D eigenvalue weighted by atomic mass is 35.5. The van der Waals surface area contributed by atoms with Crippen LogP contribution >= 0.6 is 11.6 Å². The third-order valence-corrected chi connectivity index (χ3v) is 8.62. The molecule has 234 valence electrons. The molecule has 0 atom stereocenters. The molecule has 0 bridgehead atoms. The number of piperidine rings is 1. The zero-order valence-corrected chi connectivity index (χ0v) is 27.2. The summed E-state index contributed by atoms with van der Waals surface area (Å²) in [6.07, 6.45) is 10.7. The number of Topliss-reactive ketones (excluding diaryl/α,β-unsaturated/α-hetero) is 1. The van der Waals surface area contributed by atoms with E-state index in [2.05, 4.69) is 87.9 Å². The summed E-state index contributed by atoms with van der Waals surface area (Å²) < 4.78 is 1.90. The number of aromatic nitrogens is 4. The first-order valence-corrected chi connectivity index (χ1v) is 16.4. The van der Waals surface area contributed by atoms with Gasteiger partial charge >= 0.3 is 0 Å². The fourth-order valence-electron chi connectivity index (χ4n) is 5.81. The first kappa shape index (κ1) is 31.4. The Balaban J connectivity index is 1.12. The number of anilines is 1. The van der Waals surface area contributed by atoms with Gasteiger partial charge in [0.25, 0.3) is 0 Å². The van der Waals surface area contributed by atoms with Gasteiger partial charge in [-0.05, 0) is 77.9 Å². The highest BCUT2D eigenvalue weighted by Gasteiger charge is 2.27. The molecule has 1 aliphatic rings. The Hall–Kier alpha value is -4.59. The van der Waals surface area contributed by atoms with Crippen molar-refractivity contribution in [3.8, 4) is 0 Å². The van der Waals surface area contributed by atoms with E-state index in [1.54, 1.807) is 6.20 Å². The quantitative estimate of drug-likeness (QED) is 0.119. The van der Waals surface area contributed by atoms with Crippen molar-refractivity contribution in [2.75, 3.05) is 25.0 Å². The average Bonchev–Trinajstić information content (AvgIpc) is 3.52. The highest BCUT2D eigenvalue weighted by molar-refractivity contribution is 6.31. The van der Waals surface area contributed by atoms with Gasteiger partial charge in [-0.25, -0.2) is 0 Å². The van der Waals surface area contributed by atoms with Gasteiger partial charge < -0.3 is 5.32 Å². The molecule has 2 aromatic heterocycles. The molecule has 0 amide bonds. The fraction of sp³-hybridized carbons (Fsp3) is 0.263. The Bertz CT molecular complexity index is 1800. The van der Waals surface area contributed by atoms with Crippen molar-refractivity contribution >= 4 is 46.1 Å². The molecule has 5 aromatic rings. The predicted molar refractivity (Wildman–Crippen MR) is 188 cm³/mol. The third-order valence-electron chi connectivity index (χ3n) is 8.38. The minimum Gasteiger partial charge on any atom is -0.384 e. The van der Waals surface area contributed by atoms with E-state index in [-0.39, 0.29) is 5.78 Å². The van der Waals surface area contributed by atoms with Crippen molar-refractivity contribution in [1.29, 1.82) is 0 Å². The van der Waals surface area contributed by atoms with Crippen LogP contribution in [0.15, 0.2) is 96.3 Å². The molecule has 1 N–H and O–H groups in total. The average molecular weight is 631 g/mol. The molecule has 6 rings (SSSR count). The second-order valence-electron chi connectivity index (χ2n) is 11.8. The molecule has 0 unspecified atom stereocenters. The van der Waals surface area contributed by atoms with Gasteiger partial charge in [-0.3, -0.25) is 19.4 Å². The molecule has 3 aromatic carbocycles. The molecule has 0 aliphatic carbocycles. The van der Waals surface area contributed by atoms with Crippen LogP contribution in [-0.2, 0) is 30.7 Å². The number of carbonyl (C=O) groups is 1. The van der Waals surface area contributed by atoms with Gasteiger partial charge in [0.1, 0.15) is 0 Å². The maximum Gasteiger partial charge on any atom is 0.187 e. The topological polar surface area (TPSA) is 75.9 Å². The monoisotopic (exact) mass is 630 g/mol. The number of halogens is 1. The molecule has 1 saturated heterocycles. The molecule has 0 spiro atoms. The number of benzene rings is 3. The van der Waals surface area contributed by atoms with Gasteiger partial charge in [0.2, 0.25) is 0 Å². The number of aryl methyl sites for hydroxylation is 3. The molecular weight excluding hydrogens is 592 g/mol. The number of nitrogens with zero attached hydrogens (tertiary/aromatic N) is 5. The van der Waals surface area contributed by atoms with Crippen LogP contribution in [0.4, 0.5) is 5.69 Å². The van der Waals surface area contributed by atoms with Crippen LogP contribution in [-0.4, -0.2) is 50.3 Å². The number of rotatable bonds is 11. The lowest BCUT2D eigenvalue weighted by Crippen LogP contribution is -2.37. The number of ketones is 1. The van der Waals surface area contributed by atoms with E-state index < -0.39 is 0 Å². The Morgan fingerprint density at radius 3 is 2.15 bits per heavy atom. The summed E-state index contributed by atoms with van der Waals surface area (Å²) in [4.78, 5) is 20.4. The van der Waals surface area contributed by atoms with Crippen LogP contribution in [0.2, 0.25) is 5.02 Å². The van der Waals surface area contributed by atoms with E-state index >= 15 is 0 Å². The zero-order valence-electron chi connectivity index (χ0n) is 26.4. The van der Waals surface area contributed by atoms with Crippen molar-refractivity contribution in [3.05, 3.63) is 129 Å². The van der Waals surface area contributed by atoms with Crippen LogP contribution in [0.1, 0.15) is 48.2 Å². The molecule has 1 fully saturated rings. The maximum atomic E-state index is 13.7. The number of carbonyl (C=O) groups excluding carboxylic acids is 1. The van der Waals surface area contributed by atoms with Crippen molar-refractivity contribution in [3.63, 3.8) is 0 Å². The number of nitrogens with one attached hydrogen (secondary N) is 1. The number of hydrogen-bond acceptors (Lipinski definition) is 6. The molecule has 0 radical (unpaired) electrons. The number of hydrogen-bond donors (Lipinski definition) is 1. The molecule has 8 heteroatoms. The van der Waals surface area contributed by atoms with Crippen molar-refractivity contribution in [2.45, 2.75) is 46.2 Å². The normalized spacial score (nSPS) is 15.7. The fourth-order valence-corrected chi connectivity index (χ4v) is 5.98. The molecular formula is C38H39ClN6O. The minimum absolute atomic E-state index is 0.108. The summed E-state index contributed by atoms with van der Waals surface area (Å²) in [5.41, 5.74) is 9.02. The first-order chi connectivity index (χ1) is 22.5. The molecule has 1 aliphatic heterocycles. The molecule has 3 heterocycles. The van der Waals surface area contributed by atoms with E-state index in [9.17, 15) is 4.79 Å². The van der Waals surface area contributed by atoms with Gasteiger partial charge in [0, 0.05) is 72.4 Å². The Kier molecular flexibility index (Phi) is 10.0. The number of likely N-dealkylation sites (tertiary alicyclic amines) is 1. The molecule has 0 saturated carbocycles. The van der Waals surface area contributed by atoms with Gasteiger partial charge in [-0.15, -0.1) is 5.10 Å². The third kappa shape index (κ3) is 7.79. The van der Waals surface area contributed by atoms with E-state index in [1.807, 2.05) is 47.3 Å². The Labute approximate surface area is 275 Å². The summed E-state index contributed by atoms with van der Waals surface area (Å²) in [6, 6.07) is 24.7. The Morgan fingerprint density at radius 2 is 1.52 bits per heavy atom. The summed E-state index contributed by atoms with van der Waals surface area (Å²) in [7, 11) is 0. The van der Waals surface area contributed by atoms with Crippen LogP contribution in [0.5, 0.6) is 0 Å². The molecule has 7 nitrogen and oxygen atoms in total. The second-order valence-corrected chi connectivity index (χ2v) is 12.2. The second kappa shape index (κ2) is 14.7. The van der Waals surface area contributed by atoms with Crippen LogP contribution in [0.3, 0.4) is 0 Å². The smallest absolute Gasteiger partial charge is 0.187 e. The minimum atomic E-state index is 0.108. The maximum absolute atomic E-state index is 13.7. The zero-order chi connectivity index (χ0) is 31.9. The lowest BCUT2D eigenvalue weighted by molar-refractivity contribution is -0.113. The van der Waals surface area contributed by atoms with Crippen LogP contribution in [0.25, 0.3) is 23.1 Å². The van der Waals surface area contributed by atoms with E-state index in [1.165, 1.54) is 11.1 Å². The SMILES string of the molecule is CCc1ccc(/C=C2\CN(Cc3cn(CCCNc4ccnc5cc(Cl)ccc45)nn3)C/C(=C\c3ccc(CC)cc3)C2=O)cc1. The summed E-state index contributed by atoms with van der Waals surface area (Å²) in [5.74, 6) is 0.108. The van der Waals surface area contributed by atoms with Gasteiger partial charge in [-0.1, -0.05) is 79.2 Å². The summed E-state index contributed by atoms with van der Waals surface area (Å²) in [6.45, 7) is 7.54. The lowest BCUT2D eigenvalue weighted by Gasteiger charge is -2.29. The van der Waals surface area contributed by atoms with Crippen LogP contribution in [0, 0.1) is 0 Å². The Morgan fingerprint density at radius 1 is 0.870 bits per heavy atom.